The third kappa shape index (κ3) is 4.38. The van der Waals surface area contributed by atoms with Crippen molar-refractivity contribution in [1.29, 1.82) is 0 Å². The summed E-state index contributed by atoms with van der Waals surface area (Å²) in [5, 5.41) is 3.04. The number of benzene rings is 2. The van der Waals surface area contributed by atoms with Crippen LogP contribution in [-0.2, 0) is 10.2 Å². The lowest BCUT2D eigenvalue weighted by atomic mass is 9.84. The molecule has 0 saturated heterocycles. The molecule has 2 nitrogen and oxygen atoms in total. The molecule has 2 aromatic rings. The SMILES string of the molecule is Cc1ccc(SCCNC(=O)C(C)(C)c2ccccc2)cc1. The van der Waals surface area contributed by atoms with Gasteiger partial charge < -0.3 is 5.32 Å². The highest BCUT2D eigenvalue weighted by atomic mass is 32.2. The molecule has 0 aliphatic carbocycles. The topological polar surface area (TPSA) is 29.1 Å². The van der Waals surface area contributed by atoms with Crippen molar-refractivity contribution in [2.45, 2.75) is 31.1 Å². The van der Waals surface area contributed by atoms with E-state index in [1.165, 1.54) is 10.5 Å². The van der Waals surface area contributed by atoms with E-state index in [1.54, 1.807) is 11.8 Å². The van der Waals surface area contributed by atoms with Gasteiger partial charge in [0, 0.05) is 17.2 Å². The molecule has 0 bridgehead atoms. The molecule has 0 saturated carbocycles. The first kappa shape index (κ1) is 16.6. The largest absolute Gasteiger partial charge is 0.355 e. The fourth-order valence-electron chi connectivity index (χ4n) is 2.17. The number of hydrogen-bond donors (Lipinski definition) is 1. The van der Waals surface area contributed by atoms with Gasteiger partial charge in [-0.15, -0.1) is 11.8 Å². The Labute approximate surface area is 137 Å². The van der Waals surface area contributed by atoms with Crippen molar-refractivity contribution in [3.8, 4) is 0 Å². The van der Waals surface area contributed by atoms with E-state index in [4.69, 9.17) is 0 Å². The minimum absolute atomic E-state index is 0.0724. The number of carbonyl (C=O) groups excluding carboxylic acids is 1. The number of aryl methyl sites for hydroxylation is 1. The fourth-order valence-corrected chi connectivity index (χ4v) is 2.94. The zero-order chi connectivity index (χ0) is 16.0. The van der Waals surface area contributed by atoms with Gasteiger partial charge in [-0.25, -0.2) is 0 Å². The van der Waals surface area contributed by atoms with E-state index in [2.05, 4.69) is 36.5 Å². The second-order valence-electron chi connectivity index (χ2n) is 5.91. The van der Waals surface area contributed by atoms with Gasteiger partial charge in [-0.05, 0) is 38.5 Å². The Balaban J connectivity index is 1.81. The molecular weight excluding hydrogens is 290 g/mol. The maximum absolute atomic E-state index is 12.4. The smallest absolute Gasteiger partial charge is 0.230 e. The predicted octanol–water partition coefficient (Wildman–Crippen LogP) is 4.18. The standard InChI is InChI=1S/C19H23NOS/c1-15-9-11-17(12-10-15)22-14-13-20-18(21)19(2,3)16-7-5-4-6-8-16/h4-12H,13-14H2,1-3H3,(H,20,21). The second kappa shape index (κ2) is 7.50. The summed E-state index contributed by atoms with van der Waals surface area (Å²) in [5.74, 6) is 0.947. The van der Waals surface area contributed by atoms with Crippen LogP contribution in [0.5, 0.6) is 0 Å². The van der Waals surface area contributed by atoms with Crippen molar-refractivity contribution in [2.75, 3.05) is 12.3 Å². The predicted molar refractivity (Wildman–Crippen MR) is 94.4 cm³/mol. The molecule has 0 aliphatic rings. The van der Waals surface area contributed by atoms with E-state index < -0.39 is 5.41 Å². The van der Waals surface area contributed by atoms with Crippen LogP contribution in [0.4, 0.5) is 0 Å². The number of thioether (sulfide) groups is 1. The molecule has 22 heavy (non-hydrogen) atoms. The Bertz CT molecular complexity index is 605. The highest BCUT2D eigenvalue weighted by Gasteiger charge is 2.28. The average molecular weight is 313 g/mol. The Morgan fingerprint density at radius 1 is 1.05 bits per heavy atom. The summed E-state index contributed by atoms with van der Waals surface area (Å²) in [4.78, 5) is 13.6. The van der Waals surface area contributed by atoms with E-state index in [0.29, 0.717) is 6.54 Å². The fraction of sp³-hybridized carbons (Fsp3) is 0.316. The van der Waals surface area contributed by atoms with Gasteiger partial charge in [-0.2, -0.15) is 0 Å². The minimum Gasteiger partial charge on any atom is -0.355 e. The van der Waals surface area contributed by atoms with Crippen molar-refractivity contribution in [1.82, 2.24) is 5.32 Å². The summed E-state index contributed by atoms with van der Waals surface area (Å²) < 4.78 is 0. The number of rotatable bonds is 6. The molecule has 116 valence electrons. The van der Waals surface area contributed by atoms with E-state index >= 15 is 0 Å². The first-order valence-electron chi connectivity index (χ1n) is 7.53. The number of hydrogen-bond acceptors (Lipinski definition) is 2. The molecule has 0 atom stereocenters. The van der Waals surface area contributed by atoms with Crippen LogP contribution in [0.3, 0.4) is 0 Å². The zero-order valence-corrected chi connectivity index (χ0v) is 14.2. The molecule has 1 N–H and O–H groups in total. The quantitative estimate of drug-likeness (QED) is 0.640. The van der Waals surface area contributed by atoms with Crippen LogP contribution < -0.4 is 5.32 Å². The van der Waals surface area contributed by atoms with Gasteiger partial charge in [0.05, 0.1) is 5.41 Å². The van der Waals surface area contributed by atoms with Crippen LogP contribution in [0.15, 0.2) is 59.5 Å². The van der Waals surface area contributed by atoms with Crippen LogP contribution in [-0.4, -0.2) is 18.2 Å². The molecule has 2 rings (SSSR count). The average Bonchev–Trinajstić information content (AvgIpc) is 2.54. The van der Waals surface area contributed by atoms with Crippen LogP contribution in [0.1, 0.15) is 25.0 Å². The Morgan fingerprint density at radius 3 is 2.32 bits per heavy atom. The van der Waals surface area contributed by atoms with Crippen LogP contribution in [0.25, 0.3) is 0 Å². The van der Waals surface area contributed by atoms with Gasteiger partial charge in [0.2, 0.25) is 5.91 Å². The van der Waals surface area contributed by atoms with Crippen molar-refractivity contribution < 1.29 is 4.79 Å². The second-order valence-corrected chi connectivity index (χ2v) is 7.08. The Morgan fingerprint density at radius 2 is 1.68 bits per heavy atom. The summed E-state index contributed by atoms with van der Waals surface area (Å²) >= 11 is 1.76. The van der Waals surface area contributed by atoms with Gasteiger partial charge >= 0.3 is 0 Å². The van der Waals surface area contributed by atoms with Crippen molar-refractivity contribution >= 4 is 17.7 Å². The summed E-state index contributed by atoms with van der Waals surface area (Å²) in [7, 11) is 0. The molecule has 0 fully saturated rings. The maximum atomic E-state index is 12.4. The van der Waals surface area contributed by atoms with Gasteiger partial charge in [0.15, 0.2) is 0 Å². The van der Waals surface area contributed by atoms with E-state index in [-0.39, 0.29) is 5.91 Å². The van der Waals surface area contributed by atoms with Crippen LogP contribution in [0.2, 0.25) is 0 Å². The third-order valence-electron chi connectivity index (χ3n) is 3.74. The number of carbonyl (C=O) groups is 1. The molecule has 0 radical (unpaired) electrons. The minimum atomic E-state index is -0.504. The summed E-state index contributed by atoms with van der Waals surface area (Å²) in [6, 6.07) is 18.4. The third-order valence-corrected chi connectivity index (χ3v) is 4.75. The molecule has 0 aliphatic heterocycles. The van der Waals surface area contributed by atoms with E-state index in [9.17, 15) is 4.79 Å². The molecule has 0 heterocycles. The Hall–Kier alpha value is -1.74. The molecule has 0 aromatic heterocycles. The molecule has 0 spiro atoms. The van der Waals surface area contributed by atoms with Gasteiger partial charge in [0.1, 0.15) is 0 Å². The Kier molecular flexibility index (Phi) is 5.67. The van der Waals surface area contributed by atoms with E-state index in [1.807, 2.05) is 44.2 Å². The monoisotopic (exact) mass is 313 g/mol. The van der Waals surface area contributed by atoms with Gasteiger partial charge in [-0.1, -0.05) is 48.0 Å². The molecule has 3 heteroatoms. The van der Waals surface area contributed by atoms with Crippen LogP contribution >= 0.6 is 11.8 Å². The normalized spacial score (nSPS) is 11.2. The molecule has 2 aromatic carbocycles. The lowest BCUT2D eigenvalue weighted by molar-refractivity contribution is -0.125. The molecule has 1 amide bonds. The van der Waals surface area contributed by atoms with Gasteiger partial charge in [0.25, 0.3) is 0 Å². The lowest BCUT2D eigenvalue weighted by Gasteiger charge is -2.24. The lowest BCUT2D eigenvalue weighted by Crippen LogP contribution is -2.40. The van der Waals surface area contributed by atoms with Crippen molar-refractivity contribution in [3.05, 3.63) is 65.7 Å². The molecule has 0 unspecified atom stereocenters. The van der Waals surface area contributed by atoms with Crippen molar-refractivity contribution in [2.24, 2.45) is 0 Å². The molecular formula is C19H23NOS. The summed E-state index contributed by atoms with van der Waals surface area (Å²) in [6.45, 7) is 6.68. The van der Waals surface area contributed by atoms with E-state index in [0.717, 1.165) is 11.3 Å². The highest BCUT2D eigenvalue weighted by Crippen LogP contribution is 2.23. The first-order valence-corrected chi connectivity index (χ1v) is 8.52. The summed E-state index contributed by atoms with van der Waals surface area (Å²) in [6.07, 6.45) is 0. The first-order chi connectivity index (χ1) is 10.5. The number of nitrogens with one attached hydrogen (secondary N) is 1. The number of amides is 1. The van der Waals surface area contributed by atoms with Crippen molar-refractivity contribution in [3.63, 3.8) is 0 Å². The highest BCUT2D eigenvalue weighted by molar-refractivity contribution is 7.99. The summed E-state index contributed by atoms with van der Waals surface area (Å²) in [5.41, 5.74) is 1.80. The maximum Gasteiger partial charge on any atom is 0.230 e. The van der Waals surface area contributed by atoms with Crippen LogP contribution in [0, 0.1) is 6.92 Å². The van der Waals surface area contributed by atoms with Gasteiger partial charge in [-0.3, -0.25) is 4.79 Å². The zero-order valence-electron chi connectivity index (χ0n) is 13.4.